The minimum absolute atomic E-state index is 0.0110. The van der Waals surface area contributed by atoms with Gasteiger partial charge in [0, 0.05) is 30.5 Å². The molecule has 1 fully saturated rings. The third-order valence-corrected chi connectivity index (χ3v) is 4.72. The highest BCUT2D eigenvalue weighted by Gasteiger charge is 2.45. The van der Waals surface area contributed by atoms with Gasteiger partial charge in [0.05, 0.1) is 5.56 Å². The Hall–Kier alpha value is -1.61. The van der Waals surface area contributed by atoms with E-state index in [1.807, 2.05) is 25.1 Å². The molecule has 0 aliphatic carbocycles. The van der Waals surface area contributed by atoms with Crippen LogP contribution in [0.4, 0.5) is 0 Å². The van der Waals surface area contributed by atoms with Gasteiger partial charge in [-0.3, -0.25) is 4.90 Å². The Morgan fingerprint density at radius 3 is 2.26 bits per heavy atom. The van der Waals surface area contributed by atoms with Gasteiger partial charge >= 0.3 is 5.97 Å². The highest BCUT2D eigenvalue weighted by Crippen LogP contribution is 2.39. The van der Waals surface area contributed by atoms with Crippen molar-refractivity contribution in [2.24, 2.45) is 0 Å². The summed E-state index contributed by atoms with van der Waals surface area (Å²) < 4.78 is 5.82. The monoisotopic (exact) mass is 315 g/mol. The molecule has 0 bridgehead atoms. The number of likely N-dealkylation sites (tertiary alicyclic amines) is 1. The van der Waals surface area contributed by atoms with Gasteiger partial charge in [-0.2, -0.15) is 0 Å². The molecule has 0 radical (unpaired) electrons. The van der Waals surface area contributed by atoms with E-state index in [-0.39, 0.29) is 23.2 Å². The second-order valence-electron chi connectivity index (χ2n) is 7.61. The molecule has 1 aromatic carbocycles. The van der Waals surface area contributed by atoms with E-state index in [1.54, 1.807) is 12.1 Å². The molecule has 2 rings (SSSR count). The van der Waals surface area contributed by atoms with Crippen LogP contribution in [0.1, 0.15) is 57.8 Å². The maximum absolute atomic E-state index is 12.3. The zero-order chi connectivity index (χ0) is 17.1. The number of piperidine rings is 1. The fourth-order valence-corrected chi connectivity index (χ4v) is 3.81. The van der Waals surface area contributed by atoms with Crippen molar-refractivity contribution in [3.05, 3.63) is 48.0 Å². The maximum atomic E-state index is 12.3. The SMILES string of the molecule is CC=CCN1C(C)(C)CC(OC(=O)c2ccccc2)CC1(C)C. The molecular formula is C20H29NO2. The highest BCUT2D eigenvalue weighted by molar-refractivity contribution is 5.89. The van der Waals surface area contributed by atoms with Crippen LogP contribution in [0.5, 0.6) is 0 Å². The molecule has 1 aliphatic heterocycles. The number of ether oxygens (including phenoxy) is 1. The van der Waals surface area contributed by atoms with Crippen molar-refractivity contribution in [2.75, 3.05) is 6.54 Å². The molecule has 0 amide bonds. The molecule has 0 unspecified atom stereocenters. The van der Waals surface area contributed by atoms with Crippen LogP contribution in [-0.4, -0.2) is 34.6 Å². The van der Waals surface area contributed by atoms with E-state index in [0.29, 0.717) is 5.56 Å². The van der Waals surface area contributed by atoms with Gasteiger partial charge in [0.1, 0.15) is 6.10 Å². The number of carbonyl (C=O) groups excluding carboxylic acids is 1. The van der Waals surface area contributed by atoms with Gasteiger partial charge in [0.25, 0.3) is 0 Å². The second-order valence-corrected chi connectivity index (χ2v) is 7.61. The van der Waals surface area contributed by atoms with Crippen LogP contribution in [0.25, 0.3) is 0 Å². The van der Waals surface area contributed by atoms with Crippen LogP contribution in [0, 0.1) is 0 Å². The fourth-order valence-electron chi connectivity index (χ4n) is 3.81. The molecule has 3 nitrogen and oxygen atoms in total. The van der Waals surface area contributed by atoms with Crippen LogP contribution in [-0.2, 0) is 4.74 Å². The Morgan fingerprint density at radius 2 is 1.74 bits per heavy atom. The van der Waals surface area contributed by atoms with Gasteiger partial charge < -0.3 is 4.74 Å². The average Bonchev–Trinajstić information content (AvgIpc) is 2.46. The molecule has 0 aromatic heterocycles. The summed E-state index contributed by atoms with van der Waals surface area (Å²) in [4.78, 5) is 14.8. The maximum Gasteiger partial charge on any atom is 0.338 e. The normalized spacial score (nSPS) is 21.4. The molecule has 1 aromatic rings. The molecule has 1 saturated heterocycles. The minimum Gasteiger partial charge on any atom is -0.459 e. The van der Waals surface area contributed by atoms with E-state index in [9.17, 15) is 4.79 Å². The number of rotatable bonds is 4. The first-order chi connectivity index (χ1) is 10.8. The number of esters is 1. The number of benzene rings is 1. The lowest BCUT2D eigenvalue weighted by atomic mass is 9.78. The Kier molecular flexibility index (Phi) is 5.30. The van der Waals surface area contributed by atoms with E-state index >= 15 is 0 Å². The summed E-state index contributed by atoms with van der Waals surface area (Å²) in [6.07, 6.45) is 5.95. The summed E-state index contributed by atoms with van der Waals surface area (Å²) in [6, 6.07) is 9.25. The number of nitrogens with zero attached hydrogens (tertiary/aromatic N) is 1. The van der Waals surface area contributed by atoms with Crippen molar-refractivity contribution in [1.29, 1.82) is 0 Å². The van der Waals surface area contributed by atoms with Crippen molar-refractivity contribution < 1.29 is 9.53 Å². The van der Waals surface area contributed by atoms with Crippen LogP contribution in [0.3, 0.4) is 0 Å². The van der Waals surface area contributed by atoms with Gasteiger partial charge in [0.15, 0.2) is 0 Å². The molecule has 0 N–H and O–H groups in total. The smallest absolute Gasteiger partial charge is 0.338 e. The van der Waals surface area contributed by atoms with Crippen molar-refractivity contribution in [3.63, 3.8) is 0 Å². The summed E-state index contributed by atoms with van der Waals surface area (Å²) in [6.45, 7) is 11.9. The van der Waals surface area contributed by atoms with Crippen LogP contribution in [0.2, 0.25) is 0 Å². The van der Waals surface area contributed by atoms with E-state index in [1.165, 1.54) is 0 Å². The zero-order valence-corrected chi connectivity index (χ0v) is 15.0. The van der Waals surface area contributed by atoms with E-state index < -0.39 is 0 Å². The fraction of sp³-hybridized carbons (Fsp3) is 0.550. The summed E-state index contributed by atoms with van der Waals surface area (Å²) in [7, 11) is 0. The van der Waals surface area contributed by atoms with E-state index in [0.717, 1.165) is 19.4 Å². The lowest BCUT2D eigenvalue weighted by molar-refractivity contribution is -0.0811. The van der Waals surface area contributed by atoms with Crippen molar-refractivity contribution in [1.82, 2.24) is 4.90 Å². The van der Waals surface area contributed by atoms with E-state index in [4.69, 9.17) is 4.74 Å². The molecule has 3 heteroatoms. The Bertz CT molecular complexity index is 542. The summed E-state index contributed by atoms with van der Waals surface area (Å²) in [5.41, 5.74) is 0.602. The number of allylic oxidation sites excluding steroid dienone is 1. The quantitative estimate of drug-likeness (QED) is 0.607. The first kappa shape index (κ1) is 17.7. The molecule has 0 atom stereocenters. The lowest BCUT2D eigenvalue weighted by Crippen LogP contribution is -2.62. The first-order valence-electron chi connectivity index (χ1n) is 8.41. The zero-order valence-electron chi connectivity index (χ0n) is 15.0. The predicted octanol–water partition coefficient (Wildman–Crippen LogP) is 4.44. The molecule has 1 aliphatic rings. The summed E-state index contributed by atoms with van der Waals surface area (Å²) >= 11 is 0. The van der Waals surface area contributed by atoms with Gasteiger partial charge in [-0.15, -0.1) is 0 Å². The van der Waals surface area contributed by atoms with Crippen LogP contribution >= 0.6 is 0 Å². The summed E-state index contributed by atoms with van der Waals surface area (Å²) in [5, 5.41) is 0. The van der Waals surface area contributed by atoms with Gasteiger partial charge in [-0.1, -0.05) is 30.4 Å². The largest absolute Gasteiger partial charge is 0.459 e. The third-order valence-electron chi connectivity index (χ3n) is 4.72. The number of carbonyl (C=O) groups is 1. The second kappa shape index (κ2) is 6.88. The molecular weight excluding hydrogens is 286 g/mol. The topological polar surface area (TPSA) is 29.5 Å². The highest BCUT2D eigenvalue weighted by atomic mass is 16.5. The third kappa shape index (κ3) is 4.23. The van der Waals surface area contributed by atoms with Crippen molar-refractivity contribution in [3.8, 4) is 0 Å². The molecule has 126 valence electrons. The summed E-state index contributed by atoms with van der Waals surface area (Å²) in [5.74, 6) is -0.218. The van der Waals surface area contributed by atoms with Gasteiger partial charge in [-0.05, 0) is 46.8 Å². The Labute approximate surface area is 140 Å². The van der Waals surface area contributed by atoms with Gasteiger partial charge in [-0.25, -0.2) is 4.79 Å². The predicted molar refractivity (Wildman–Crippen MR) is 94.6 cm³/mol. The lowest BCUT2D eigenvalue weighted by Gasteiger charge is -2.54. The number of hydrogen-bond acceptors (Lipinski definition) is 3. The number of hydrogen-bond donors (Lipinski definition) is 0. The first-order valence-corrected chi connectivity index (χ1v) is 8.41. The van der Waals surface area contributed by atoms with Crippen molar-refractivity contribution in [2.45, 2.75) is 64.6 Å². The minimum atomic E-state index is -0.218. The van der Waals surface area contributed by atoms with Crippen LogP contribution < -0.4 is 0 Å². The Balaban J connectivity index is 2.10. The molecule has 0 saturated carbocycles. The standard InChI is InChI=1S/C20H29NO2/c1-6-7-13-21-19(2,3)14-17(15-20(21,4)5)23-18(22)16-11-9-8-10-12-16/h6-12,17H,13-15H2,1-5H3. The molecule has 23 heavy (non-hydrogen) atoms. The molecule has 1 heterocycles. The van der Waals surface area contributed by atoms with Crippen LogP contribution in [0.15, 0.2) is 42.5 Å². The van der Waals surface area contributed by atoms with Gasteiger partial charge in [0.2, 0.25) is 0 Å². The van der Waals surface area contributed by atoms with Crippen molar-refractivity contribution >= 4 is 5.97 Å². The molecule has 0 spiro atoms. The Morgan fingerprint density at radius 1 is 1.17 bits per heavy atom. The average molecular weight is 315 g/mol. The van der Waals surface area contributed by atoms with E-state index in [2.05, 4.69) is 44.7 Å².